The Morgan fingerprint density at radius 1 is 1.13 bits per heavy atom. The number of nitrogens with zero attached hydrogens (tertiary/aromatic N) is 1. The van der Waals surface area contributed by atoms with Crippen LogP contribution in [0, 0.1) is 0 Å². The summed E-state index contributed by atoms with van der Waals surface area (Å²) in [6, 6.07) is 8.88. The molecule has 2 aliphatic heterocycles. The number of carbonyl (C=O) groups is 4. The maximum absolute atomic E-state index is 13.5. The van der Waals surface area contributed by atoms with Gasteiger partial charge in [-0.1, -0.05) is 18.2 Å². The number of amides is 2. The van der Waals surface area contributed by atoms with E-state index in [0.717, 1.165) is 16.5 Å². The largest absolute Gasteiger partial charge is 0.493 e. The van der Waals surface area contributed by atoms with Gasteiger partial charge in [0, 0.05) is 35.5 Å². The summed E-state index contributed by atoms with van der Waals surface area (Å²) in [5, 5.41) is 3.68. The molecule has 11 nitrogen and oxygen atoms in total. The Balaban J connectivity index is 1.41. The van der Waals surface area contributed by atoms with Crippen molar-refractivity contribution in [1.29, 1.82) is 0 Å². The maximum atomic E-state index is 13.5. The molecule has 0 unspecified atom stereocenters. The van der Waals surface area contributed by atoms with Gasteiger partial charge >= 0.3 is 11.9 Å². The van der Waals surface area contributed by atoms with Crippen LogP contribution in [0.4, 0.5) is 0 Å². The lowest BCUT2D eigenvalue weighted by Crippen LogP contribution is -2.52. The number of carbonyl (C=O) groups excluding carboxylic acids is 4. The molecule has 1 saturated heterocycles. The zero-order chi connectivity index (χ0) is 27.0. The van der Waals surface area contributed by atoms with Gasteiger partial charge in [0.1, 0.15) is 17.6 Å². The number of para-hydroxylation sites is 1. The third-order valence-electron chi connectivity index (χ3n) is 6.98. The quantitative estimate of drug-likeness (QED) is 0.431. The van der Waals surface area contributed by atoms with Crippen molar-refractivity contribution >= 4 is 34.7 Å². The molecule has 0 aliphatic carbocycles. The lowest BCUT2D eigenvalue weighted by Gasteiger charge is -2.30. The van der Waals surface area contributed by atoms with Gasteiger partial charge in [0.2, 0.25) is 18.0 Å². The average Bonchev–Trinajstić information content (AvgIpc) is 3.62. The fraction of sp³-hybridized carbons (Fsp3) is 0.333. The number of hydrogen-bond acceptors (Lipinski definition) is 8. The molecule has 1 aromatic heterocycles. The van der Waals surface area contributed by atoms with Crippen molar-refractivity contribution in [3.8, 4) is 11.5 Å². The molecule has 11 heteroatoms. The standard InChI is InChI=1S/C27H27N3O8/c1-35-20-10-8-16-22(23(20)36-2)27(34)38-25(16)30-19(9-11-21(30)31)24(32)29-18(26(33)37-3)12-14-13-28-17-7-5-4-6-15(14)17/h4-8,10,13,18-19,25,28H,9,11-12H2,1-3H3,(H,29,32)/t18-,19+,25-/m1/s1. The average molecular weight is 522 g/mol. The first-order valence-electron chi connectivity index (χ1n) is 12.1. The number of esters is 2. The minimum atomic E-state index is -1.12. The number of aromatic nitrogens is 1. The van der Waals surface area contributed by atoms with Gasteiger partial charge in [-0.2, -0.15) is 0 Å². The van der Waals surface area contributed by atoms with Gasteiger partial charge in [-0.3, -0.25) is 14.5 Å². The normalized spacial score (nSPS) is 19.2. The third-order valence-corrected chi connectivity index (χ3v) is 6.98. The molecule has 0 bridgehead atoms. The number of likely N-dealkylation sites (tertiary alicyclic amines) is 1. The second-order valence-corrected chi connectivity index (χ2v) is 9.03. The molecule has 0 saturated carbocycles. The molecule has 2 aliphatic rings. The lowest BCUT2D eigenvalue weighted by molar-refractivity contribution is -0.149. The molecule has 2 aromatic carbocycles. The Morgan fingerprint density at radius 3 is 2.66 bits per heavy atom. The van der Waals surface area contributed by atoms with Crippen molar-refractivity contribution in [2.75, 3.05) is 21.3 Å². The van der Waals surface area contributed by atoms with E-state index >= 15 is 0 Å². The van der Waals surface area contributed by atoms with Gasteiger partial charge < -0.3 is 29.2 Å². The van der Waals surface area contributed by atoms with Crippen molar-refractivity contribution < 1.29 is 38.1 Å². The molecule has 3 heterocycles. The number of cyclic esters (lactones) is 1. The monoisotopic (exact) mass is 521 g/mol. The molecule has 2 N–H and O–H groups in total. The number of ether oxygens (including phenoxy) is 4. The summed E-state index contributed by atoms with van der Waals surface area (Å²) >= 11 is 0. The Kier molecular flexibility index (Phi) is 6.66. The molecular weight excluding hydrogens is 494 g/mol. The maximum Gasteiger partial charge on any atom is 0.344 e. The topological polar surface area (TPSA) is 136 Å². The Bertz CT molecular complexity index is 1430. The summed E-state index contributed by atoms with van der Waals surface area (Å²) < 4.78 is 21.2. The van der Waals surface area contributed by atoms with E-state index < -0.39 is 36.2 Å². The molecule has 0 spiro atoms. The highest BCUT2D eigenvalue weighted by atomic mass is 16.6. The van der Waals surface area contributed by atoms with Crippen LogP contribution in [-0.2, 0) is 30.3 Å². The molecule has 3 aromatic rings. The van der Waals surface area contributed by atoms with Crippen molar-refractivity contribution in [3.63, 3.8) is 0 Å². The van der Waals surface area contributed by atoms with E-state index in [1.807, 2.05) is 24.3 Å². The van der Waals surface area contributed by atoms with Gasteiger partial charge in [0.15, 0.2) is 11.5 Å². The predicted octanol–water partition coefficient (Wildman–Crippen LogP) is 2.25. The summed E-state index contributed by atoms with van der Waals surface area (Å²) in [5.74, 6) is -1.67. The number of methoxy groups -OCH3 is 3. The van der Waals surface area contributed by atoms with Crippen LogP contribution in [0.1, 0.15) is 40.6 Å². The number of H-pyrrole nitrogens is 1. The van der Waals surface area contributed by atoms with E-state index in [-0.39, 0.29) is 36.5 Å². The number of rotatable bonds is 8. The van der Waals surface area contributed by atoms with Gasteiger partial charge in [0.05, 0.1) is 21.3 Å². The number of aromatic amines is 1. The molecular formula is C27H27N3O8. The number of benzene rings is 2. The summed E-state index contributed by atoms with van der Waals surface area (Å²) in [5.41, 5.74) is 2.26. The second kappa shape index (κ2) is 10.1. The van der Waals surface area contributed by atoms with Crippen LogP contribution in [0.5, 0.6) is 11.5 Å². The number of fused-ring (bicyclic) bond motifs is 2. The van der Waals surface area contributed by atoms with Crippen LogP contribution in [0.3, 0.4) is 0 Å². The summed E-state index contributed by atoms with van der Waals surface area (Å²) in [6.45, 7) is 0. The second-order valence-electron chi connectivity index (χ2n) is 9.03. The summed E-state index contributed by atoms with van der Waals surface area (Å²) in [6.07, 6.45) is 1.13. The number of nitrogens with one attached hydrogen (secondary N) is 2. The smallest absolute Gasteiger partial charge is 0.344 e. The zero-order valence-electron chi connectivity index (χ0n) is 21.1. The first kappa shape index (κ1) is 25.1. The van der Waals surface area contributed by atoms with Crippen LogP contribution in [-0.4, -0.2) is 67.0 Å². The highest BCUT2D eigenvalue weighted by Crippen LogP contribution is 2.45. The van der Waals surface area contributed by atoms with Crippen molar-refractivity contribution in [2.45, 2.75) is 37.6 Å². The van der Waals surface area contributed by atoms with Crippen molar-refractivity contribution in [3.05, 3.63) is 59.3 Å². The highest BCUT2D eigenvalue weighted by Gasteiger charge is 2.48. The van der Waals surface area contributed by atoms with E-state index in [1.165, 1.54) is 26.2 Å². The fourth-order valence-electron chi connectivity index (χ4n) is 5.17. The zero-order valence-corrected chi connectivity index (χ0v) is 21.1. The minimum absolute atomic E-state index is 0.0834. The number of hydrogen-bond donors (Lipinski definition) is 2. The van der Waals surface area contributed by atoms with Crippen LogP contribution < -0.4 is 14.8 Å². The minimum Gasteiger partial charge on any atom is -0.493 e. The molecule has 5 rings (SSSR count). The highest BCUT2D eigenvalue weighted by molar-refractivity contribution is 5.99. The van der Waals surface area contributed by atoms with Crippen LogP contribution in [0.15, 0.2) is 42.6 Å². The van der Waals surface area contributed by atoms with Gasteiger partial charge in [0.25, 0.3) is 0 Å². The summed E-state index contributed by atoms with van der Waals surface area (Å²) in [7, 11) is 4.09. The molecule has 38 heavy (non-hydrogen) atoms. The Labute approximate surface area is 218 Å². The fourth-order valence-corrected chi connectivity index (χ4v) is 5.17. The van der Waals surface area contributed by atoms with Gasteiger partial charge in [-0.05, 0) is 30.2 Å². The van der Waals surface area contributed by atoms with Crippen LogP contribution in [0.25, 0.3) is 10.9 Å². The van der Waals surface area contributed by atoms with Crippen LogP contribution >= 0.6 is 0 Å². The molecule has 1 fully saturated rings. The van der Waals surface area contributed by atoms with Crippen LogP contribution in [0.2, 0.25) is 0 Å². The summed E-state index contributed by atoms with van der Waals surface area (Å²) in [4.78, 5) is 56.3. The van der Waals surface area contributed by atoms with Gasteiger partial charge in [-0.25, -0.2) is 9.59 Å². The first-order chi connectivity index (χ1) is 18.4. The molecule has 3 atom stereocenters. The Morgan fingerprint density at radius 2 is 1.92 bits per heavy atom. The van der Waals surface area contributed by atoms with E-state index in [4.69, 9.17) is 18.9 Å². The predicted molar refractivity (Wildman–Crippen MR) is 134 cm³/mol. The Hall–Kier alpha value is -4.54. The molecule has 0 radical (unpaired) electrons. The van der Waals surface area contributed by atoms with E-state index in [1.54, 1.807) is 18.3 Å². The van der Waals surface area contributed by atoms with Crippen molar-refractivity contribution in [1.82, 2.24) is 15.2 Å². The van der Waals surface area contributed by atoms with Crippen molar-refractivity contribution in [2.24, 2.45) is 0 Å². The van der Waals surface area contributed by atoms with E-state index in [9.17, 15) is 19.2 Å². The van der Waals surface area contributed by atoms with E-state index in [2.05, 4.69) is 10.3 Å². The third kappa shape index (κ3) is 4.19. The van der Waals surface area contributed by atoms with E-state index in [0.29, 0.717) is 11.3 Å². The first-order valence-corrected chi connectivity index (χ1v) is 12.1. The van der Waals surface area contributed by atoms with Gasteiger partial charge in [-0.15, -0.1) is 0 Å². The molecule has 198 valence electrons. The lowest BCUT2D eigenvalue weighted by atomic mass is 10.0. The molecule has 2 amide bonds. The SMILES string of the molecule is COC(=O)[C@@H](Cc1c[nH]c2ccccc12)NC(=O)[C@@H]1CCC(=O)N1[C@@H]1OC(=O)c2c1ccc(OC)c2OC.